The zero-order valence-corrected chi connectivity index (χ0v) is 11.7. The molecule has 0 aromatic heterocycles. The SMILES string of the molecule is Cc1ccc(C2=NN(C(=O)O)CC2c2ccccc2)cc1. The summed E-state index contributed by atoms with van der Waals surface area (Å²) in [5.41, 5.74) is 4.03. The molecule has 106 valence electrons. The minimum atomic E-state index is -1.02. The average Bonchev–Trinajstić information content (AvgIpc) is 2.94. The standard InChI is InChI=1S/C17H16N2O2/c1-12-7-9-14(10-8-12)16-15(11-19(18-16)17(20)21)13-5-3-2-4-6-13/h2-10,15H,11H2,1H3,(H,20,21). The number of benzene rings is 2. The van der Waals surface area contributed by atoms with Crippen LogP contribution >= 0.6 is 0 Å². The number of hydrogen-bond donors (Lipinski definition) is 1. The van der Waals surface area contributed by atoms with E-state index in [0.29, 0.717) is 6.54 Å². The summed E-state index contributed by atoms with van der Waals surface area (Å²) >= 11 is 0. The third-order valence-electron chi connectivity index (χ3n) is 3.68. The van der Waals surface area contributed by atoms with Crippen molar-refractivity contribution in [1.82, 2.24) is 5.01 Å². The van der Waals surface area contributed by atoms with Gasteiger partial charge in [0, 0.05) is 5.92 Å². The number of amides is 1. The van der Waals surface area contributed by atoms with E-state index in [0.717, 1.165) is 21.8 Å². The Labute approximate surface area is 123 Å². The van der Waals surface area contributed by atoms with Gasteiger partial charge in [0.2, 0.25) is 0 Å². The first-order valence-electron chi connectivity index (χ1n) is 6.86. The Hall–Kier alpha value is -2.62. The number of carboxylic acid groups (broad SMARTS) is 1. The van der Waals surface area contributed by atoms with Crippen LogP contribution in [0.15, 0.2) is 59.7 Å². The van der Waals surface area contributed by atoms with Crippen LogP contribution in [0.1, 0.15) is 22.6 Å². The third-order valence-corrected chi connectivity index (χ3v) is 3.68. The zero-order valence-electron chi connectivity index (χ0n) is 11.7. The van der Waals surface area contributed by atoms with Gasteiger partial charge in [-0.1, -0.05) is 60.2 Å². The molecule has 1 aliphatic rings. The molecule has 1 N–H and O–H groups in total. The van der Waals surface area contributed by atoms with Gasteiger partial charge in [-0.2, -0.15) is 10.1 Å². The first kappa shape index (κ1) is 13.4. The van der Waals surface area contributed by atoms with Crippen molar-refractivity contribution >= 4 is 11.8 Å². The Kier molecular flexibility index (Phi) is 3.44. The molecule has 1 unspecified atom stereocenters. The smallest absolute Gasteiger partial charge is 0.427 e. The number of rotatable bonds is 2. The highest BCUT2D eigenvalue weighted by Crippen LogP contribution is 2.28. The predicted molar refractivity (Wildman–Crippen MR) is 81.6 cm³/mol. The topological polar surface area (TPSA) is 52.9 Å². The van der Waals surface area contributed by atoms with Crippen molar-refractivity contribution in [3.8, 4) is 0 Å². The molecular weight excluding hydrogens is 264 g/mol. The van der Waals surface area contributed by atoms with Gasteiger partial charge in [0.1, 0.15) is 0 Å². The van der Waals surface area contributed by atoms with E-state index in [4.69, 9.17) is 0 Å². The van der Waals surface area contributed by atoms with Gasteiger partial charge < -0.3 is 5.11 Å². The molecule has 4 heteroatoms. The van der Waals surface area contributed by atoms with E-state index in [-0.39, 0.29) is 5.92 Å². The highest BCUT2D eigenvalue weighted by Gasteiger charge is 2.31. The lowest BCUT2D eigenvalue weighted by molar-refractivity contribution is 0.151. The maximum Gasteiger partial charge on any atom is 0.427 e. The van der Waals surface area contributed by atoms with Crippen LogP contribution < -0.4 is 0 Å². The Balaban J connectivity index is 2.01. The van der Waals surface area contributed by atoms with Crippen LogP contribution in [0.2, 0.25) is 0 Å². The highest BCUT2D eigenvalue weighted by molar-refractivity contribution is 6.07. The summed E-state index contributed by atoms with van der Waals surface area (Å²) in [5.74, 6) is -0.0231. The minimum Gasteiger partial charge on any atom is -0.464 e. The van der Waals surface area contributed by atoms with Crippen molar-refractivity contribution in [1.29, 1.82) is 0 Å². The monoisotopic (exact) mass is 280 g/mol. The zero-order chi connectivity index (χ0) is 14.8. The molecule has 1 aliphatic heterocycles. The van der Waals surface area contributed by atoms with Crippen LogP contribution in [0.4, 0.5) is 4.79 Å². The van der Waals surface area contributed by atoms with Crippen molar-refractivity contribution in [2.75, 3.05) is 6.54 Å². The summed E-state index contributed by atoms with van der Waals surface area (Å²) in [6.45, 7) is 2.39. The second-order valence-corrected chi connectivity index (χ2v) is 5.18. The molecule has 21 heavy (non-hydrogen) atoms. The quantitative estimate of drug-likeness (QED) is 0.915. The second-order valence-electron chi connectivity index (χ2n) is 5.18. The van der Waals surface area contributed by atoms with Crippen molar-refractivity contribution in [2.24, 2.45) is 5.10 Å². The van der Waals surface area contributed by atoms with Crippen molar-refractivity contribution in [3.05, 3.63) is 71.3 Å². The summed E-state index contributed by atoms with van der Waals surface area (Å²) < 4.78 is 0. The van der Waals surface area contributed by atoms with Gasteiger partial charge in [-0.3, -0.25) is 0 Å². The molecule has 0 spiro atoms. The lowest BCUT2D eigenvalue weighted by atomic mass is 9.90. The molecule has 0 fully saturated rings. The van der Waals surface area contributed by atoms with E-state index in [1.54, 1.807) is 0 Å². The van der Waals surface area contributed by atoms with Crippen LogP contribution in [0.3, 0.4) is 0 Å². The number of aryl methyl sites for hydroxylation is 1. The Bertz CT molecular complexity index is 678. The van der Waals surface area contributed by atoms with E-state index in [9.17, 15) is 9.90 Å². The number of hydrazone groups is 1. The predicted octanol–water partition coefficient (Wildman–Crippen LogP) is 3.48. The lowest BCUT2D eigenvalue weighted by Crippen LogP contribution is -2.23. The normalized spacial score (nSPS) is 17.7. The molecule has 0 radical (unpaired) electrons. The van der Waals surface area contributed by atoms with E-state index in [2.05, 4.69) is 5.10 Å². The van der Waals surface area contributed by atoms with Gasteiger partial charge >= 0.3 is 6.09 Å². The molecule has 1 heterocycles. The Morgan fingerprint density at radius 3 is 2.43 bits per heavy atom. The first-order chi connectivity index (χ1) is 10.1. The van der Waals surface area contributed by atoms with Gasteiger partial charge in [0.05, 0.1) is 12.3 Å². The molecule has 4 nitrogen and oxygen atoms in total. The van der Waals surface area contributed by atoms with Crippen LogP contribution in [0, 0.1) is 6.92 Å². The van der Waals surface area contributed by atoms with Gasteiger partial charge in [-0.15, -0.1) is 0 Å². The maximum atomic E-state index is 11.2. The Morgan fingerprint density at radius 2 is 1.81 bits per heavy atom. The molecule has 0 saturated carbocycles. The van der Waals surface area contributed by atoms with E-state index >= 15 is 0 Å². The van der Waals surface area contributed by atoms with Crippen LogP contribution in [0.5, 0.6) is 0 Å². The van der Waals surface area contributed by atoms with E-state index < -0.39 is 6.09 Å². The summed E-state index contributed by atoms with van der Waals surface area (Å²) in [5, 5.41) is 14.6. The van der Waals surface area contributed by atoms with Crippen LogP contribution in [-0.4, -0.2) is 28.5 Å². The van der Waals surface area contributed by atoms with Crippen molar-refractivity contribution in [3.63, 3.8) is 0 Å². The molecule has 2 aromatic rings. The number of hydrogen-bond acceptors (Lipinski definition) is 2. The maximum absolute atomic E-state index is 11.2. The Morgan fingerprint density at radius 1 is 1.14 bits per heavy atom. The fourth-order valence-electron chi connectivity index (χ4n) is 2.55. The average molecular weight is 280 g/mol. The molecule has 0 bridgehead atoms. The first-order valence-corrected chi connectivity index (χ1v) is 6.86. The second kappa shape index (κ2) is 5.40. The van der Waals surface area contributed by atoms with Crippen molar-refractivity contribution < 1.29 is 9.90 Å². The summed E-state index contributed by atoms with van der Waals surface area (Å²) in [7, 11) is 0. The van der Waals surface area contributed by atoms with Crippen LogP contribution in [-0.2, 0) is 0 Å². The van der Waals surface area contributed by atoms with E-state index in [1.165, 1.54) is 5.56 Å². The van der Waals surface area contributed by atoms with Gasteiger partial charge in [0.15, 0.2) is 0 Å². The molecule has 2 aromatic carbocycles. The molecular formula is C17H16N2O2. The molecule has 0 aliphatic carbocycles. The summed E-state index contributed by atoms with van der Waals surface area (Å²) in [6, 6.07) is 17.9. The number of carbonyl (C=O) groups is 1. The summed E-state index contributed by atoms with van der Waals surface area (Å²) in [6.07, 6.45) is -1.02. The molecule has 3 rings (SSSR count). The lowest BCUT2D eigenvalue weighted by Gasteiger charge is -2.13. The minimum absolute atomic E-state index is 0.0231. The fourth-order valence-corrected chi connectivity index (χ4v) is 2.55. The third kappa shape index (κ3) is 2.65. The summed E-state index contributed by atoms with van der Waals surface area (Å²) in [4.78, 5) is 11.2. The van der Waals surface area contributed by atoms with Crippen LogP contribution in [0.25, 0.3) is 0 Å². The molecule has 0 saturated heterocycles. The highest BCUT2D eigenvalue weighted by atomic mass is 16.4. The molecule has 1 amide bonds. The van der Waals surface area contributed by atoms with Gasteiger partial charge in [-0.05, 0) is 18.1 Å². The van der Waals surface area contributed by atoms with E-state index in [1.807, 2.05) is 61.5 Å². The van der Waals surface area contributed by atoms with Gasteiger partial charge in [-0.25, -0.2) is 4.79 Å². The largest absolute Gasteiger partial charge is 0.464 e. The fraction of sp³-hybridized carbons (Fsp3) is 0.176. The molecule has 1 atom stereocenters. The van der Waals surface area contributed by atoms with Gasteiger partial charge in [0.25, 0.3) is 0 Å². The van der Waals surface area contributed by atoms with Crippen molar-refractivity contribution in [2.45, 2.75) is 12.8 Å². The number of nitrogens with zero attached hydrogens (tertiary/aromatic N) is 2.